The highest BCUT2D eigenvalue weighted by Crippen LogP contribution is 2.41. The van der Waals surface area contributed by atoms with Gasteiger partial charge in [-0.15, -0.1) is 0 Å². The minimum absolute atomic E-state index is 0.0212. The smallest absolute Gasteiger partial charge is 0.433 e. The number of rotatable bonds is 2. The summed E-state index contributed by atoms with van der Waals surface area (Å²) in [6.45, 7) is 0. The minimum Gasteiger partial charge on any atom is -0.476 e. The van der Waals surface area contributed by atoms with Gasteiger partial charge in [0.25, 0.3) is 0 Å². The molecule has 0 unspecified atom stereocenters. The third-order valence-electron chi connectivity index (χ3n) is 4.09. The lowest BCUT2D eigenvalue weighted by molar-refractivity contribution is -0.142. The van der Waals surface area contributed by atoms with E-state index in [0.29, 0.717) is 4.52 Å². The molecule has 3 rings (SSSR count). The van der Waals surface area contributed by atoms with Crippen LogP contribution in [0.3, 0.4) is 0 Å². The van der Waals surface area contributed by atoms with E-state index >= 15 is 0 Å². The second kappa shape index (κ2) is 5.38. The van der Waals surface area contributed by atoms with E-state index in [1.54, 1.807) is 0 Å². The molecule has 0 amide bonds. The van der Waals surface area contributed by atoms with E-state index in [4.69, 9.17) is 5.11 Å². The van der Waals surface area contributed by atoms with Gasteiger partial charge in [0, 0.05) is 30.5 Å². The molecule has 0 bridgehead atoms. The third-order valence-corrected chi connectivity index (χ3v) is 4.09. The lowest BCUT2D eigenvalue weighted by Crippen LogP contribution is -2.24. The highest BCUT2D eigenvalue weighted by atomic mass is 19.4. The Kier molecular flexibility index (Phi) is 3.72. The average Bonchev–Trinajstić information content (AvgIpc) is 2.89. The molecule has 5 nitrogen and oxygen atoms in total. The van der Waals surface area contributed by atoms with Crippen LogP contribution in [-0.2, 0) is 6.18 Å². The van der Waals surface area contributed by atoms with E-state index in [1.165, 1.54) is 0 Å². The van der Waals surface area contributed by atoms with E-state index in [2.05, 4.69) is 10.1 Å². The van der Waals surface area contributed by atoms with Crippen molar-refractivity contribution in [3.63, 3.8) is 0 Å². The third kappa shape index (κ3) is 3.04. The second-order valence-corrected chi connectivity index (χ2v) is 5.80. The van der Waals surface area contributed by atoms with Crippen molar-refractivity contribution in [2.75, 3.05) is 0 Å². The Morgan fingerprint density at radius 2 is 1.88 bits per heavy atom. The summed E-state index contributed by atoms with van der Waals surface area (Å²) in [6.07, 6.45) is -5.56. The summed E-state index contributed by atoms with van der Waals surface area (Å²) in [6, 6.07) is 1.69. The summed E-state index contributed by atoms with van der Waals surface area (Å²) in [5, 5.41) is 12.3. The summed E-state index contributed by atoms with van der Waals surface area (Å²) in [5.41, 5.74) is -1.98. The molecule has 24 heavy (non-hydrogen) atoms. The van der Waals surface area contributed by atoms with E-state index in [-0.39, 0.29) is 24.2 Å². The van der Waals surface area contributed by atoms with Crippen LogP contribution in [0, 0.1) is 0 Å². The maximum Gasteiger partial charge on any atom is 0.433 e. The van der Waals surface area contributed by atoms with Crippen LogP contribution in [0.1, 0.15) is 53.5 Å². The van der Waals surface area contributed by atoms with Crippen LogP contribution in [0.15, 0.2) is 12.1 Å². The quantitative estimate of drug-likeness (QED) is 0.839. The fraction of sp³-hybridized carbons (Fsp3) is 0.500. The van der Waals surface area contributed by atoms with Gasteiger partial charge in [-0.2, -0.15) is 18.3 Å². The number of carbonyl (C=O) groups is 1. The van der Waals surface area contributed by atoms with E-state index in [0.717, 1.165) is 12.1 Å². The van der Waals surface area contributed by atoms with Crippen molar-refractivity contribution in [2.24, 2.45) is 0 Å². The predicted octanol–water partition coefficient (Wildman–Crippen LogP) is 3.74. The highest BCUT2D eigenvalue weighted by molar-refractivity contribution is 5.86. The highest BCUT2D eigenvalue weighted by Gasteiger charge is 2.39. The molecule has 2 aromatic heterocycles. The number of hydrogen-bond acceptors (Lipinski definition) is 3. The number of carboxylic acids is 1. The van der Waals surface area contributed by atoms with Crippen molar-refractivity contribution >= 4 is 11.6 Å². The van der Waals surface area contributed by atoms with Gasteiger partial charge in [-0.1, -0.05) is 0 Å². The summed E-state index contributed by atoms with van der Waals surface area (Å²) in [7, 11) is 0. The van der Waals surface area contributed by atoms with Crippen LogP contribution in [0.4, 0.5) is 22.0 Å². The molecular formula is C14H12F5N3O2. The number of alkyl halides is 5. The normalized spacial score (nSPS) is 18.9. The number of nitrogens with zero attached hydrogens (tertiary/aromatic N) is 3. The summed E-state index contributed by atoms with van der Waals surface area (Å²) >= 11 is 0. The number of halogens is 5. The number of hydrogen-bond donors (Lipinski definition) is 1. The maximum atomic E-state index is 13.2. The number of aromatic carboxylic acids is 1. The largest absolute Gasteiger partial charge is 0.476 e. The Labute approximate surface area is 132 Å². The van der Waals surface area contributed by atoms with Crippen molar-refractivity contribution < 1.29 is 31.9 Å². The molecular weight excluding hydrogens is 337 g/mol. The molecule has 0 atom stereocenters. The van der Waals surface area contributed by atoms with Crippen molar-refractivity contribution in [3.8, 4) is 0 Å². The summed E-state index contributed by atoms with van der Waals surface area (Å²) in [4.78, 5) is 14.9. The first kappa shape index (κ1) is 16.6. The van der Waals surface area contributed by atoms with Gasteiger partial charge >= 0.3 is 12.1 Å². The van der Waals surface area contributed by atoms with Crippen molar-refractivity contribution in [1.82, 2.24) is 14.6 Å². The molecule has 2 aromatic rings. The molecule has 2 heterocycles. The van der Waals surface area contributed by atoms with Gasteiger partial charge in [-0.05, 0) is 18.9 Å². The van der Waals surface area contributed by atoms with Gasteiger partial charge in [0.2, 0.25) is 5.92 Å². The van der Waals surface area contributed by atoms with E-state index in [9.17, 15) is 26.7 Å². The van der Waals surface area contributed by atoms with Crippen LogP contribution in [0.2, 0.25) is 0 Å². The SMILES string of the molecule is O=C(O)c1cc2nc(C3CCC(F)(F)CC3)cc(C(F)(F)F)n2n1. The molecule has 0 spiro atoms. The summed E-state index contributed by atoms with van der Waals surface area (Å²) in [5.74, 6) is -4.81. The molecule has 1 N–H and O–H groups in total. The zero-order chi connectivity index (χ0) is 17.7. The first-order chi connectivity index (χ1) is 11.1. The Morgan fingerprint density at radius 3 is 2.42 bits per heavy atom. The maximum absolute atomic E-state index is 13.2. The van der Waals surface area contributed by atoms with Crippen LogP contribution < -0.4 is 0 Å². The second-order valence-electron chi connectivity index (χ2n) is 5.80. The molecule has 0 radical (unpaired) electrons. The van der Waals surface area contributed by atoms with Crippen molar-refractivity contribution in [1.29, 1.82) is 0 Å². The van der Waals surface area contributed by atoms with Crippen molar-refractivity contribution in [2.45, 2.75) is 43.7 Å². The zero-order valence-electron chi connectivity index (χ0n) is 12.1. The van der Waals surface area contributed by atoms with Crippen LogP contribution in [-0.4, -0.2) is 31.6 Å². The molecule has 0 aromatic carbocycles. The topological polar surface area (TPSA) is 67.5 Å². The number of carboxylic acid groups (broad SMARTS) is 1. The molecule has 0 saturated heterocycles. The Hall–Kier alpha value is -2.26. The Morgan fingerprint density at radius 1 is 1.25 bits per heavy atom. The lowest BCUT2D eigenvalue weighted by atomic mass is 9.84. The number of fused-ring (bicyclic) bond motifs is 1. The van der Waals surface area contributed by atoms with E-state index < -0.39 is 48.2 Å². The molecule has 1 fully saturated rings. The molecule has 1 aliphatic rings. The molecule has 10 heteroatoms. The van der Waals surface area contributed by atoms with Gasteiger partial charge in [-0.3, -0.25) is 0 Å². The minimum atomic E-state index is -4.78. The lowest BCUT2D eigenvalue weighted by Gasteiger charge is -2.28. The first-order valence-corrected chi connectivity index (χ1v) is 7.16. The molecule has 1 aliphatic carbocycles. The Balaban J connectivity index is 2.08. The van der Waals surface area contributed by atoms with Crippen molar-refractivity contribution in [3.05, 3.63) is 29.2 Å². The first-order valence-electron chi connectivity index (χ1n) is 7.16. The Bertz CT molecular complexity index is 790. The van der Waals surface area contributed by atoms with Crippen LogP contribution >= 0.6 is 0 Å². The van der Waals surface area contributed by atoms with Gasteiger partial charge < -0.3 is 5.11 Å². The van der Waals surface area contributed by atoms with Gasteiger partial charge in [-0.25, -0.2) is 23.1 Å². The molecule has 1 saturated carbocycles. The zero-order valence-corrected chi connectivity index (χ0v) is 12.1. The predicted molar refractivity (Wildman–Crippen MR) is 71.1 cm³/mol. The van der Waals surface area contributed by atoms with E-state index in [1.807, 2.05) is 0 Å². The van der Waals surface area contributed by atoms with Gasteiger partial charge in [0.15, 0.2) is 11.3 Å². The average molecular weight is 349 g/mol. The molecule has 130 valence electrons. The monoisotopic (exact) mass is 349 g/mol. The van der Waals surface area contributed by atoms with Gasteiger partial charge in [0.05, 0.1) is 0 Å². The standard InChI is InChI=1S/C14H12F5N3O2/c15-13(16)3-1-7(2-4-13)8-5-10(14(17,18)19)22-11(20-8)6-9(21-22)12(23)24/h5-7H,1-4H2,(H,23,24). The van der Waals surface area contributed by atoms with Crippen LogP contribution in [0.25, 0.3) is 5.65 Å². The number of aromatic nitrogens is 3. The summed E-state index contributed by atoms with van der Waals surface area (Å²) < 4.78 is 66.6. The van der Waals surface area contributed by atoms with Crippen LogP contribution in [0.5, 0.6) is 0 Å². The van der Waals surface area contributed by atoms with Gasteiger partial charge in [0.1, 0.15) is 5.69 Å². The fourth-order valence-electron chi connectivity index (χ4n) is 2.85. The fourth-order valence-corrected chi connectivity index (χ4v) is 2.85. The molecule has 0 aliphatic heterocycles.